The Morgan fingerprint density at radius 1 is 1.08 bits per heavy atom. The molecule has 0 fully saturated rings. The molecule has 0 aliphatic heterocycles. The summed E-state index contributed by atoms with van der Waals surface area (Å²) in [6.45, 7) is 2.08. The molecule has 26 heavy (non-hydrogen) atoms. The fraction of sp³-hybridized carbons (Fsp3) is 0.238. The van der Waals surface area contributed by atoms with Crippen molar-refractivity contribution in [2.24, 2.45) is 7.05 Å². The van der Waals surface area contributed by atoms with Crippen LogP contribution >= 0.6 is 0 Å². The molecule has 0 bridgehead atoms. The first-order valence-corrected chi connectivity index (χ1v) is 8.69. The molecule has 0 saturated heterocycles. The van der Waals surface area contributed by atoms with Gasteiger partial charge in [0.05, 0.1) is 28.8 Å². The quantitative estimate of drug-likeness (QED) is 0.570. The number of rotatable bonds is 3. The van der Waals surface area contributed by atoms with Gasteiger partial charge in [-0.1, -0.05) is 36.4 Å². The molecular formula is C21H22N4O. The average Bonchev–Trinajstić information content (AvgIpc) is 3.12. The van der Waals surface area contributed by atoms with Crippen LogP contribution in [0.25, 0.3) is 28.1 Å². The second kappa shape index (κ2) is 6.02. The molecule has 0 N–H and O–H groups in total. The van der Waals surface area contributed by atoms with Crippen molar-refractivity contribution < 1.29 is 4.79 Å². The third kappa shape index (κ3) is 2.47. The number of hydrogen-bond donors (Lipinski definition) is 0. The minimum Gasteiger partial charge on any atom is -0.348 e. The van der Waals surface area contributed by atoms with Crippen molar-refractivity contribution in [1.82, 2.24) is 18.9 Å². The Labute approximate surface area is 152 Å². The zero-order valence-corrected chi connectivity index (χ0v) is 15.5. The summed E-state index contributed by atoms with van der Waals surface area (Å²) in [7, 11) is 5.60. The number of imidazole rings is 2. The molecule has 5 heteroatoms. The first-order chi connectivity index (χ1) is 12.5. The van der Waals surface area contributed by atoms with E-state index in [-0.39, 0.29) is 5.91 Å². The van der Waals surface area contributed by atoms with Gasteiger partial charge in [-0.2, -0.15) is 0 Å². The van der Waals surface area contributed by atoms with Gasteiger partial charge in [0.1, 0.15) is 0 Å². The molecule has 2 heterocycles. The van der Waals surface area contributed by atoms with E-state index in [1.54, 1.807) is 19.0 Å². The fourth-order valence-corrected chi connectivity index (χ4v) is 3.41. The first-order valence-electron chi connectivity index (χ1n) is 8.69. The summed E-state index contributed by atoms with van der Waals surface area (Å²) in [5.74, 6) is 0.916. The summed E-state index contributed by atoms with van der Waals surface area (Å²) in [6.07, 6.45) is 0.311. The van der Waals surface area contributed by atoms with E-state index in [9.17, 15) is 4.79 Å². The van der Waals surface area contributed by atoms with Gasteiger partial charge in [0.15, 0.2) is 0 Å². The Kier molecular flexibility index (Phi) is 3.80. The molecule has 0 aliphatic rings. The number of benzene rings is 2. The summed E-state index contributed by atoms with van der Waals surface area (Å²) in [5, 5.41) is 0. The largest absolute Gasteiger partial charge is 0.348 e. The molecule has 5 nitrogen and oxygen atoms in total. The summed E-state index contributed by atoms with van der Waals surface area (Å²) in [5.41, 5.74) is 6.20. The standard InChI is InChI=1S/C21H22N4O/c1-14-10-11-16-17(12-14)25-18(13-19(26)23(2)3)20(22-21(25)24(16)4)15-8-6-5-7-9-15/h5-12H,13H2,1-4H3. The summed E-state index contributed by atoms with van der Waals surface area (Å²) in [6, 6.07) is 16.4. The van der Waals surface area contributed by atoms with Crippen LogP contribution in [0.3, 0.4) is 0 Å². The van der Waals surface area contributed by atoms with E-state index < -0.39 is 0 Å². The van der Waals surface area contributed by atoms with Crippen LogP contribution < -0.4 is 0 Å². The number of aryl methyl sites for hydroxylation is 2. The van der Waals surface area contributed by atoms with Gasteiger partial charge in [0.2, 0.25) is 11.7 Å². The molecule has 132 valence electrons. The molecule has 0 aliphatic carbocycles. The van der Waals surface area contributed by atoms with Crippen LogP contribution in [0, 0.1) is 6.92 Å². The highest BCUT2D eigenvalue weighted by Gasteiger charge is 2.22. The Morgan fingerprint density at radius 2 is 1.81 bits per heavy atom. The van der Waals surface area contributed by atoms with Crippen LogP contribution in [0.1, 0.15) is 11.3 Å². The van der Waals surface area contributed by atoms with Crippen molar-refractivity contribution in [1.29, 1.82) is 0 Å². The van der Waals surface area contributed by atoms with Gasteiger partial charge < -0.3 is 9.47 Å². The summed E-state index contributed by atoms with van der Waals surface area (Å²) < 4.78 is 4.22. The lowest BCUT2D eigenvalue weighted by molar-refractivity contribution is -0.128. The molecule has 4 rings (SSSR count). The number of aromatic nitrogens is 3. The van der Waals surface area contributed by atoms with Crippen LogP contribution in [0.5, 0.6) is 0 Å². The Morgan fingerprint density at radius 3 is 2.50 bits per heavy atom. The number of carbonyl (C=O) groups excluding carboxylic acids is 1. The molecule has 0 spiro atoms. The topological polar surface area (TPSA) is 42.5 Å². The lowest BCUT2D eigenvalue weighted by Gasteiger charge is -2.11. The Balaban J connectivity index is 2.07. The van der Waals surface area contributed by atoms with E-state index in [0.717, 1.165) is 33.8 Å². The number of amides is 1. The highest BCUT2D eigenvalue weighted by Crippen LogP contribution is 2.30. The zero-order chi connectivity index (χ0) is 18.4. The Bertz CT molecular complexity index is 1120. The van der Waals surface area contributed by atoms with E-state index in [1.165, 1.54) is 5.56 Å². The van der Waals surface area contributed by atoms with E-state index in [1.807, 2.05) is 37.4 Å². The van der Waals surface area contributed by atoms with Gasteiger partial charge in [-0.3, -0.25) is 9.20 Å². The van der Waals surface area contributed by atoms with Crippen LogP contribution in [-0.2, 0) is 18.3 Å². The number of fused-ring (bicyclic) bond motifs is 3. The molecule has 0 unspecified atom stereocenters. The van der Waals surface area contributed by atoms with E-state index in [2.05, 4.69) is 34.1 Å². The van der Waals surface area contributed by atoms with Crippen molar-refractivity contribution >= 4 is 22.7 Å². The number of nitrogens with zero attached hydrogens (tertiary/aromatic N) is 4. The van der Waals surface area contributed by atoms with Gasteiger partial charge in [0, 0.05) is 26.7 Å². The maximum atomic E-state index is 12.5. The van der Waals surface area contributed by atoms with Gasteiger partial charge in [-0.05, 0) is 24.6 Å². The van der Waals surface area contributed by atoms with Crippen LogP contribution in [0.4, 0.5) is 0 Å². The van der Waals surface area contributed by atoms with E-state index in [4.69, 9.17) is 4.98 Å². The fourth-order valence-electron chi connectivity index (χ4n) is 3.41. The SMILES string of the molecule is Cc1ccc2c(c1)n1c(CC(=O)N(C)C)c(-c3ccccc3)nc1n2C. The molecule has 0 atom stereocenters. The van der Waals surface area contributed by atoms with Crippen molar-refractivity contribution in [3.8, 4) is 11.3 Å². The smallest absolute Gasteiger partial charge is 0.228 e. The lowest BCUT2D eigenvalue weighted by Crippen LogP contribution is -2.24. The van der Waals surface area contributed by atoms with Crippen molar-refractivity contribution in [3.05, 3.63) is 59.8 Å². The third-order valence-electron chi connectivity index (χ3n) is 4.85. The van der Waals surface area contributed by atoms with E-state index in [0.29, 0.717) is 6.42 Å². The highest BCUT2D eigenvalue weighted by atomic mass is 16.2. The molecule has 2 aromatic carbocycles. The van der Waals surface area contributed by atoms with Crippen molar-refractivity contribution in [2.75, 3.05) is 14.1 Å². The summed E-state index contributed by atoms with van der Waals surface area (Å²) >= 11 is 0. The molecular weight excluding hydrogens is 324 g/mol. The van der Waals surface area contributed by atoms with Crippen molar-refractivity contribution in [3.63, 3.8) is 0 Å². The lowest BCUT2D eigenvalue weighted by atomic mass is 10.1. The predicted octanol–water partition coefficient (Wildman–Crippen LogP) is 3.43. The second-order valence-corrected chi connectivity index (χ2v) is 6.92. The Hall–Kier alpha value is -3.08. The molecule has 0 saturated carbocycles. The van der Waals surface area contributed by atoms with Gasteiger partial charge in [-0.15, -0.1) is 0 Å². The molecule has 1 amide bonds. The number of carbonyl (C=O) groups is 1. The minimum atomic E-state index is 0.0636. The van der Waals surface area contributed by atoms with Crippen molar-refractivity contribution in [2.45, 2.75) is 13.3 Å². The van der Waals surface area contributed by atoms with Crippen LogP contribution in [-0.4, -0.2) is 38.9 Å². The van der Waals surface area contributed by atoms with Gasteiger partial charge >= 0.3 is 0 Å². The predicted molar refractivity (Wildman–Crippen MR) is 104 cm³/mol. The molecule has 4 aromatic rings. The monoisotopic (exact) mass is 346 g/mol. The number of hydrogen-bond acceptors (Lipinski definition) is 2. The van der Waals surface area contributed by atoms with Gasteiger partial charge in [0.25, 0.3) is 0 Å². The maximum Gasteiger partial charge on any atom is 0.228 e. The van der Waals surface area contributed by atoms with Gasteiger partial charge in [-0.25, -0.2) is 4.98 Å². The first kappa shape index (κ1) is 16.4. The zero-order valence-electron chi connectivity index (χ0n) is 15.5. The second-order valence-electron chi connectivity index (χ2n) is 6.92. The highest BCUT2D eigenvalue weighted by molar-refractivity contribution is 5.87. The average molecular weight is 346 g/mol. The minimum absolute atomic E-state index is 0.0636. The normalized spacial score (nSPS) is 11.4. The molecule has 2 aromatic heterocycles. The molecule has 0 radical (unpaired) electrons. The summed E-state index contributed by atoms with van der Waals surface area (Å²) in [4.78, 5) is 19.1. The van der Waals surface area contributed by atoms with E-state index >= 15 is 0 Å². The van der Waals surface area contributed by atoms with Crippen LogP contribution in [0.2, 0.25) is 0 Å². The van der Waals surface area contributed by atoms with Crippen LogP contribution in [0.15, 0.2) is 48.5 Å². The number of likely N-dealkylation sites (N-methyl/N-ethyl adjacent to an activating group) is 1. The third-order valence-corrected chi connectivity index (χ3v) is 4.85. The maximum absolute atomic E-state index is 12.5.